The van der Waals surface area contributed by atoms with Crippen LogP contribution >= 0.6 is 0 Å². The molecule has 0 radical (unpaired) electrons. The van der Waals surface area contributed by atoms with Crippen molar-refractivity contribution in [1.29, 1.82) is 0 Å². The fourth-order valence-electron chi connectivity index (χ4n) is 3.48. The Bertz CT molecular complexity index is 226. The molecule has 1 N–H and O–H groups in total. The summed E-state index contributed by atoms with van der Waals surface area (Å²) in [6.45, 7) is 7.82. The van der Waals surface area contributed by atoms with Crippen LogP contribution in [0.2, 0.25) is 0 Å². The van der Waals surface area contributed by atoms with E-state index in [2.05, 4.69) is 31.1 Å². The Hall–Kier alpha value is -0.120. The summed E-state index contributed by atoms with van der Waals surface area (Å²) in [6, 6.07) is 1.34. The maximum atomic E-state index is 5.96. The van der Waals surface area contributed by atoms with E-state index >= 15 is 0 Å². The van der Waals surface area contributed by atoms with Crippen molar-refractivity contribution in [3.05, 3.63) is 0 Å². The average molecular weight is 240 g/mol. The zero-order valence-corrected chi connectivity index (χ0v) is 11.6. The lowest BCUT2D eigenvalue weighted by atomic mass is 9.87. The summed E-state index contributed by atoms with van der Waals surface area (Å²) < 4.78 is 5.96. The van der Waals surface area contributed by atoms with E-state index < -0.39 is 0 Å². The molecule has 2 aliphatic rings. The third kappa shape index (κ3) is 3.01. The molecule has 0 aromatic carbocycles. The maximum Gasteiger partial charge on any atom is 0.0731 e. The van der Waals surface area contributed by atoms with Crippen molar-refractivity contribution < 1.29 is 4.74 Å². The van der Waals surface area contributed by atoms with E-state index in [1.165, 1.54) is 25.7 Å². The van der Waals surface area contributed by atoms with Crippen molar-refractivity contribution in [2.45, 2.75) is 57.7 Å². The summed E-state index contributed by atoms with van der Waals surface area (Å²) in [5, 5.41) is 3.36. The van der Waals surface area contributed by atoms with Gasteiger partial charge in [0, 0.05) is 25.2 Å². The quantitative estimate of drug-likeness (QED) is 0.812. The second-order valence-electron chi connectivity index (χ2n) is 5.87. The Kier molecular flexibility index (Phi) is 4.83. The molecule has 17 heavy (non-hydrogen) atoms. The van der Waals surface area contributed by atoms with E-state index in [0.717, 1.165) is 19.7 Å². The summed E-state index contributed by atoms with van der Waals surface area (Å²) in [4.78, 5) is 2.73. The van der Waals surface area contributed by atoms with Crippen LogP contribution in [0.4, 0.5) is 0 Å². The molecule has 2 rings (SSSR count). The van der Waals surface area contributed by atoms with Crippen LogP contribution in [0.25, 0.3) is 0 Å². The number of hydrogen-bond donors (Lipinski definition) is 1. The number of nitrogens with zero attached hydrogens (tertiary/aromatic N) is 1. The topological polar surface area (TPSA) is 24.5 Å². The first-order valence-corrected chi connectivity index (χ1v) is 7.26. The Labute approximate surface area is 106 Å². The molecule has 3 atom stereocenters. The molecule has 2 fully saturated rings. The zero-order valence-electron chi connectivity index (χ0n) is 11.6. The minimum atomic E-state index is 0.510. The third-order valence-electron chi connectivity index (χ3n) is 4.38. The highest BCUT2D eigenvalue weighted by atomic mass is 16.5. The summed E-state index contributed by atoms with van der Waals surface area (Å²) >= 11 is 0. The minimum Gasteiger partial charge on any atom is -0.375 e. The van der Waals surface area contributed by atoms with Crippen molar-refractivity contribution in [2.24, 2.45) is 5.92 Å². The van der Waals surface area contributed by atoms with Crippen molar-refractivity contribution in [2.75, 3.05) is 26.7 Å². The lowest BCUT2D eigenvalue weighted by Gasteiger charge is -2.48. The van der Waals surface area contributed by atoms with E-state index in [9.17, 15) is 0 Å². The van der Waals surface area contributed by atoms with Gasteiger partial charge in [-0.3, -0.25) is 4.90 Å². The smallest absolute Gasteiger partial charge is 0.0731 e. The number of rotatable bonds is 4. The van der Waals surface area contributed by atoms with Crippen LogP contribution in [0.1, 0.15) is 39.5 Å². The minimum absolute atomic E-state index is 0.510. The summed E-state index contributed by atoms with van der Waals surface area (Å²) in [5.41, 5.74) is 0. The van der Waals surface area contributed by atoms with Crippen LogP contribution in [0.3, 0.4) is 0 Å². The monoisotopic (exact) mass is 240 g/mol. The van der Waals surface area contributed by atoms with Crippen molar-refractivity contribution in [3.8, 4) is 0 Å². The third-order valence-corrected chi connectivity index (χ3v) is 4.38. The van der Waals surface area contributed by atoms with Crippen LogP contribution in [-0.2, 0) is 4.74 Å². The fraction of sp³-hybridized carbons (Fsp3) is 1.00. The Morgan fingerprint density at radius 3 is 2.76 bits per heavy atom. The molecule has 0 amide bonds. The van der Waals surface area contributed by atoms with E-state index in [0.29, 0.717) is 24.1 Å². The molecular weight excluding hydrogens is 212 g/mol. The summed E-state index contributed by atoms with van der Waals surface area (Å²) in [7, 11) is 2.06. The normalized spacial score (nSPS) is 32.5. The SMILES string of the molecule is CNCC(C(C)C)N1CCOC2CCCCC21. The molecule has 0 aromatic heterocycles. The lowest BCUT2D eigenvalue weighted by Crippen LogP contribution is -2.59. The number of fused-ring (bicyclic) bond motifs is 1. The molecule has 1 heterocycles. The molecule has 3 heteroatoms. The van der Waals surface area contributed by atoms with Crippen LogP contribution in [0, 0.1) is 5.92 Å². The first kappa shape index (κ1) is 13.3. The second-order valence-corrected chi connectivity index (χ2v) is 5.87. The Balaban J connectivity index is 2.05. The number of nitrogens with one attached hydrogen (secondary N) is 1. The molecular formula is C14H28N2O. The Morgan fingerprint density at radius 1 is 1.29 bits per heavy atom. The van der Waals surface area contributed by atoms with E-state index in [1.54, 1.807) is 0 Å². The van der Waals surface area contributed by atoms with Crippen molar-refractivity contribution in [1.82, 2.24) is 10.2 Å². The Morgan fingerprint density at radius 2 is 2.06 bits per heavy atom. The maximum absolute atomic E-state index is 5.96. The van der Waals surface area contributed by atoms with Gasteiger partial charge in [-0.05, 0) is 25.8 Å². The highest BCUT2D eigenvalue weighted by molar-refractivity contribution is 4.92. The number of morpholine rings is 1. The van der Waals surface area contributed by atoms with Gasteiger partial charge in [-0.15, -0.1) is 0 Å². The van der Waals surface area contributed by atoms with E-state index in [1.807, 2.05) is 0 Å². The second kappa shape index (κ2) is 6.17. The molecule has 1 aliphatic heterocycles. The average Bonchev–Trinajstić information content (AvgIpc) is 2.35. The van der Waals surface area contributed by atoms with Crippen LogP contribution in [0.5, 0.6) is 0 Å². The highest BCUT2D eigenvalue weighted by Crippen LogP contribution is 2.31. The first-order chi connectivity index (χ1) is 8.24. The van der Waals surface area contributed by atoms with E-state index in [-0.39, 0.29) is 0 Å². The van der Waals surface area contributed by atoms with Crippen LogP contribution in [-0.4, -0.2) is 49.8 Å². The summed E-state index contributed by atoms with van der Waals surface area (Å²) in [6.07, 6.45) is 5.85. The molecule has 1 saturated carbocycles. The van der Waals surface area contributed by atoms with Gasteiger partial charge in [0.05, 0.1) is 12.7 Å². The van der Waals surface area contributed by atoms with Crippen molar-refractivity contribution in [3.63, 3.8) is 0 Å². The number of likely N-dealkylation sites (N-methyl/N-ethyl adjacent to an activating group) is 1. The van der Waals surface area contributed by atoms with Gasteiger partial charge in [-0.1, -0.05) is 26.7 Å². The zero-order chi connectivity index (χ0) is 12.3. The molecule has 3 unspecified atom stereocenters. The standard InChI is InChI=1S/C14H28N2O/c1-11(2)13(10-15-3)16-8-9-17-14-7-5-4-6-12(14)16/h11-15H,4-10H2,1-3H3. The van der Waals surface area contributed by atoms with Gasteiger partial charge in [0.15, 0.2) is 0 Å². The van der Waals surface area contributed by atoms with Crippen molar-refractivity contribution >= 4 is 0 Å². The van der Waals surface area contributed by atoms with Gasteiger partial charge in [-0.2, -0.15) is 0 Å². The largest absolute Gasteiger partial charge is 0.375 e. The van der Waals surface area contributed by atoms with Gasteiger partial charge >= 0.3 is 0 Å². The van der Waals surface area contributed by atoms with Gasteiger partial charge < -0.3 is 10.1 Å². The van der Waals surface area contributed by atoms with Gasteiger partial charge in [0.2, 0.25) is 0 Å². The van der Waals surface area contributed by atoms with Gasteiger partial charge in [-0.25, -0.2) is 0 Å². The fourth-order valence-corrected chi connectivity index (χ4v) is 3.48. The predicted octanol–water partition coefficient (Wildman–Crippen LogP) is 1.87. The molecule has 100 valence electrons. The molecule has 3 nitrogen and oxygen atoms in total. The highest BCUT2D eigenvalue weighted by Gasteiger charge is 2.37. The number of ether oxygens (including phenoxy) is 1. The first-order valence-electron chi connectivity index (χ1n) is 7.26. The number of hydrogen-bond acceptors (Lipinski definition) is 3. The molecule has 0 spiro atoms. The van der Waals surface area contributed by atoms with Gasteiger partial charge in [0.1, 0.15) is 0 Å². The van der Waals surface area contributed by atoms with E-state index in [4.69, 9.17) is 4.74 Å². The van der Waals surface area contributed by atoms with Crippen LogP contribution < -0.4 is 5.32 Å². The van der Waals surface area contributed by atoms with Gasteiger partial charge in [0.25, 0.3) is 0 Å². The van der Waals surface area contributed by atoms with Crippen LogP contribution in [0.15, 0.2) is 0 Å². The molecule has 0 bridgehead atoms. The summed E-state index contributed by atoms with van der Waals surface area (Å²) in [5.74, 6) is 0.711. The lowest BCUT2D eigenvalue weighted by molar-refractivity contribution is -0.107. The predicted molar refractivity (Wildman–Crippen MR) is 71.3 cm³/mol. The molecule has 0 aromatic rings. The molecule has 1 aliphatic carbocycles. The molecule has 1 saturated heterocycles.